The Balaban J connectivity index is 0. The van der Waals surface area contributed by atoms with E-state index in [1.165, 1.54) is 12.8 Å². The Bertz CT molecular complexity index is 40.0. The van der Waals surface area contributed by atoms with E-state index < -0.39 is 0 Å². The van der Waals surface area contributed by atoms with Crippen molar-refractivity contribution in [2.75, 3.05) is 0 Å². The molecule has 0 aliphatic rings. The second-order valence-corrected chi connectivity index (χ2v) is 2.77. The zero-order valence-electron chi connectivity index (χ0n) is 6.57. The zero-order chi connectivity index (χ0) is 6.57. The first-order valence-corrected chi connectivity index (χ1v) is 3.72. The van der Waals surface area contributed by atoms with Gasteiger partial charge in [0.2, 0.25) is 0 Å². The number of rotatable bonds is 3. The maximum absolute atomic E-state index is 2.33. The third kappa shape index (κ3) is 4.50. The molecule has 0 aliphatic heterocycles. The minimum Gasteiger partial charge on any atom is -0.0776 e. The highest BCUT2D eigenvalue weighted by molar-refractivity contribution is 4.56. The van der Waals surface area contributed by atoms with Crippen LogP contribution < -0.4 is 0 Å². The average molecular weight is 130 g/mol. The van der Waals surface area contributed by atoms with Gasteiger partial charge in [-0.15, -0.1) is 0 Å². The van der Waals surface area contributed by atoms with Crippen LogP contribution in [0.5, 0.6) is 0 Å². The van der Waals surface area contributed by atoms with Gasteiger partial charge in [0.05, 0.1) is 0 Å². The van der Waals surface area contributed by atoms with E-state index in [0.717, 1.165) is 11.8 Å². The van der Waals surface area contributed by atoms with Crippen molar-refractivity contribution in [1.82, 2.24) is 0 Å². The lowest BCUT2D eigenvalue weighted by Crippen LogP contribution is -2.04. The number of hydrogen-bond donors (Lipinski definition) is 0. The molecule has 0 saturated heterocycles. The van der Waals surface area contributed by atoms with E-state index in [2.05, 4.69) is 27.7 Å². The first-order chi connectivity index (χ1) is 3.72. The van der Waals surface area contributed by atoms with Gasteiger partial charge in [0, 0.05) is 0 Å². The van der Waals surface area contributed by atoms with Crippen molar-refractivity contribution >= 4 is 0 Å². The van der Waals surface area contributed by atoms with E-state index >= 15 is 0 Å². The summed E-state index contributed by atoms with van der Waals surface area (Å²) in [6.45, 7) is 9.18. The third-order valence-electron chi connectivity index (χ3n) is 2.26. The van der Waals surface area contributed by atoms with E-state index in [1.807, 2.05) is 0 Å². The third-order valence-corrected chi connectivity index (χ3v) is 2.26. The topological polar surface area (TPSA) is 0 Å². The molecule has 0 amide bonds. The van der Waals surface area contributed by atoms with Gasteiger partial charge in [0.15, 0.2) is 0 Å². The first-order valence-electron chi connectivity index (χ1n) is 3.72. The lowest BCUT2D eigenvalue weighted by molar-refractivity contribution is 0.367. The summed E-state index contributed by atoms with van der Waals surface area (Å²) < 4.78 is 0. The SMILES string of the molecule is C.CC[C@H](C)[C@@H](C)CC. The first kappa shape index (κ1) is 11.8. The molecule has 0 radical (unpaired) electrons. The minimum absolute atomic E-state index is 0. The van der Waals surface area contributed by atoms with Crippen molar-refractivity contribution in [2.45, 2.75) is 48.0 Å². The van der Waals surface area contributed by atoms with Gasteiger partial charge in [-0.2, -0.15) is 0 Å². The second-order valence-electron chi connectivity index (χ2n) is 2.77. The van der Waals surface area contributed by atoms with Crippen LogP contribution in [0.15, 0.2) is 0 Å². The normalized spacial score (nSPS) is 16.0. The quantitative estimate of drug-likeness (QED) is 0.546. The largest absolute Gasteiger partial charge is 0.0776 e. The summed E-state index contributed by atoms with van der Waals surface area (Å²) in [6.07, 6.45) is 2.66. The van der Waals surface area contributed by atoms with Crippen LogP contribution in [0.2, 0.25) is 0 Å². The van der Waals surface area contributed by atoms with Crippen LogP contribution in [0.3, 0.4) is 0 Å². The molecule has 2 atom stereocenters. The molecule has 0 spiro atoms. The van der Waals surface area contributed by atoms with Crippen LogP contribution in [0, 0.1) is 11.8 Å². The van der Waals surface area contributed by atoms with Crippen molar-refractivity contribution in [3.63, 3.8) is 0 Å². The van der Waals surface area contributed by atoms with Crippen molar-refractivity contribution in [2.24, 2.45) is 11.8 Å². The van der Waals surface area contributed by atoms with Gasteiger partial charge in [0.25, 0.3) is 0 Å². The Morgan fingerprint density at radius 1 is 0.889 bits per heavy atom. The van der Waals surface area contributed by atoms with E-state index in [4.69, 9.17) is 0 Å². The van der Waals surface area contributed by atoms with Crippen LogP contribution in [0.4, 0.5) is 0 Å². The molecule has 58 valence electrons. The van der Waals surface area contributed by atoms with Gasteiger partial charge in [-0.3, -0.25) is 0 Å². The van der Waals surface area contributed by atoms with E-state index in [-0.39, 0.29) is 7.43 Å². The summed E-state index contributed by atoms with van der Waals surface area (Å²) in [4.78, 5) is 0. The summed E-state index contributed by atoms with van der Waals surface area (Å²) >= 11 is 0. The molecule has 0 heterocycles. The van der Waals surface area contributed by atoms with Crippen molar-refractivity contribution < 1.29 is 0 Å². The molecule has 0 fully saturated rings. The van der Waals surface area contributed by atoms with Gasteiger partial charge in [0.1, 0.15) is 0 Å². The lowest BCUT2D eigenvalue weighted by atomic mass is 9.92. The van der Waals surface area contributed by atoms with E-state index in [9.17, 15) is 0 Å². The Hall–Kier alpha value is 0. The molecular weight excluding hydrogens is 108 g/mol. The van der Waals surface area contributed by atoms with Crippen molar-refractivity contribution in [1.29, 1.82) is 0 Å². The zero-order valence-corrected chi connectivity index (χ0v) is 6.57. The predicted octanol–water partition coefficient (Wildman–Crippen LogP) is 3.71. The van der Waals surface area contributed by atoms with Crippen LogP contribution in [-0.2, 0) is 0 Å². The summed E-state index contributed by atoms with van der Waals surface area (Å²) in [5, 5.41) is 0. The van der Waals surface area contributed by atoms with E-state index in [1.54, 1.807) is 0 Å². The standard InChI is InChI=1S/C8H18.CH4/c1-5-7(3)8(4)6-2;/h7-8H,5-6H2,1-4H3;1H4/t7-,8-;/m0./s1. The van der Waals surface area contributed by atoms with Crippen molar-refractivity contribution in [3.05, 3.63) is 0 Å². The average Bonchev–Trinajstić information content (AvgIpc) is 1.84. The van der Waals surface area contributed by atoms with Gasteiger partial charge < -0.3 is 0 Å². The molecule has 0 saturated carbocycles. The molecular formula is C9H22. The second kappa shape index (κ2) is 6.12. The molecule has 0 aromatic rings. The highest BCUT2D eigenvalue weighted by atomic mass is 14.1. The summed E-state index contributed by atoms with van der Waals surface area (Å²) in [6, 6.07) is 0. The molecule has 0 aromatic carbocycles. The smallest absolute Gasteiger partial charge is 0.0420 e. The molecule has 0 rings (SSSR count). The Morgan fingerprint density at radius 3 is 1.22 bits per heavy atom. The maximum Gasteiger partial charge on any atom is -0.0420 e. The maximum atomic E-state index is 2.33. The Labute approximate surface area is 60.7 Å². The molecule has 0 aliphatic carbocycles. The van der Waals surface area contributed by atoms with Crippen LogP contribution in [0.1, 0.15) is 48.0 Å². The summed E-state index contributed by atoms with van der Waals surface area (Å²) in [7, 11) is 0. The molecule has 0 aromatic heterocycles. The summed E-state index contributed by atoms with van der Waals surface area (Å²) in [5.74, 6) is 1.83. The summed E-state index contributed by atoms with van der Waals surface area (Å²) in [5.41, 5.74) is 0. The number of hydrogen-bond acceptors (Lipinski definition) is 0. The molecule has 0 unspecified atom stereocenters. The molecule has 0 N–H and O–H groups in total. The Morgan fingerprint density at radius 2 is 1.11 bits per heavy atom. The molecule has 0 nitrogen and oxygen atoms in total. The van der Waals surface area contributed by atoms with Gasteiger partial charge in [-0.1, -0.05) is 48.0 Å². The predicted molar refractivity (Wildman–Crippen MR) is 45.6 cm³/mol. The van der Waals surface area contributed by atoms with Crippen LogP contribution in [-0.4, -0.2) is 0 Å². The molecule has 0 heteroatoms. The Kier molecular flexibility index (Phi) is 8.00. The molecule has 9 heavy (non-hydrogen) atoms. The van der Waals surface area contributed by atoms with Crippen molar-refractivity contribution in [3.8, 4) is 0 Å². The van der Waals surface area contributed by atoms with Gasteiger partial charge in [-0.05, 0) is 11.8 Å². The van der Waals surface area contributed by atoms with Gasteiger partial charge >= 0.3 is 0 Å². The molecule has 0 bridgehead atoms. The van der Waals surface area contributed by atoms with Gasteiger partial charge in [-0.25, -0.2) is 0 Å². The fourth-order valence-electron chi connectivity index (χ4n) is 0.805. The fourth-order valence-corrected chi connectivity index (χ4v) is 0.805. The highest BCUT2D eigenvalue weighted by Crippen LogP contribution is 2.16. The van der Waals surface area contributed by atoms with Crippen LogP contribution >= 0.6 is 0 Å². The van der Waals surface area contributed by atoms with Crippen LogP contribution in [0.25, 0.3) is 0 Å². The highest BCUT2D eigenvalue weighted by Gasteiger charge is 2.05. The van der Waals surface area contributed by atoms with E-state index in [0.29, 0.717) is 0 Å². The minimum atomic E-state index is 0. The monoisotopic (exact) mass is 130 g/mol. The lowest BCUT2D eigenvalue weighted by Gasteiger charge is -2.14. The fraction of sp³-hybridized carbons (Fsp3) is 1.00.